The van der Waals surface area contributed by atoms with Crippen molar-refractivity contribution >= 4 is 11.6 Å². The highest BCUT2D eigenvalue weighted by atomic mass is 35.5. The second-order valence-corrected chi connectivity index (χ2v) is 4.63. The second kappa shape index (κ2) is 4.04. The minimum absolute atomic E-state index is 0.317. The summed E-state index contributed by atoms with van der Waals surface area (Å²) in [5.74, 6) is -1.22. The summed E-state index contributed by atoms with van der Waals surface area (Å²) in [6.07, 6.45) is 0. The quantitative estimate of drug-likeness (QED) is 0.751. The maximum atomic E-state index is 13.8. The molecule has 1 unspecified atom stereocenters. The number of rotatable bonds is 2. The standard InChI is InChI=1S/C14H9ClF2O/c15-12-4-2-1-3-10(12)14(8-18-14)11-6-5-9(16)7-13(11)17/h1-7H,8H2. The van der Waals surface area contributed by atoms with E-state index in [4.69, 9.17) is 16.3 Å². The molecule has 2 aromatic rings. The minimum atomic E-state index is -0.865. The highest BCUT2D eigenvalue weighted by Gasteiger charge is 2.51. The predicted molar refractivity (Wildman–Crippen MR) is 64.5 cm³/mol. The topological polar surface area (TPSA) is 12.5 Å². The van der Waals surface area contributed by atoms with Crippen molar-refractivity contribution in [2.24, 2.45) is 0 Å². The van der Waals surface area contributed by atoms with Crippen LogP contribution in [0.4, 0.5) is 8.78 Å². The Bertz CT molecular complexity index is 608. The Kier molecular flexibility index (Phi) is 2.61. The van der Waals surface area contributed by atoms with Crippen LogP contribution < -0.4 is 0 Å². The largest absolute Gasteiger partial charge is 0.359 e. The van der Waals surface area contributed by atoms with Gasteiger partial charge < -0.3 is 4.74 Å². The molecule has 0 aromatic heterocycles. The molecule has 0 N–H and O–H groups in total. The first kappa shape index (κ1) is 11.6. The summed E-state index contributed by atoms with van der Waals surface area (Å²) in [5.41, 5.74) is 0.157. The molecule has 1 saturated heterocycles. The predicted octanol–water partition coefficient (Wildman–Crippen LogP) is 3.89. The first-order chi connectivity index (χ1) is 8.63. The summed E-state index contributed by atoms with van der Waals surface area (Å²) in [6.45, 7) is 0.347. The number of hydrogen-bond acceptors (Lipinski definition) is 1. The van der Waals surface area contributed by atoms with Crippen molar-refractivity contribution < 1.29 is 13.5 Å². The summed E-state index contributed by atoms with van der Waals surface area (Å²) in [4.78, 5) is 0. The van der Waals surface area contributed by atoms with Crippen LogP contribution in [0.5, 0.6) is 0 Å². The number of halogens is 3. The first-order valence-corrected chi connectivity index (χ1v) is 5.86. The van der Waals surface area contributed by atoms with Crippen LogP contribution in [0.2, 0.25) is 5.02 Å². The van der Waals surface area contributed by atoms with Gasteiger partial charge in [-0.25, -0.2) is 8.78 Å². The summed E-state index contributed by atoms with van der Waals surface area (Å²) in [7, 11) is 0. The van der Waals surface area contributed by atoms with E-state index in [1.807, 2.05) is 6.07 Å². The molecule has 0 spiro atoms. The van der Waals surface area contributed by atoms with Crippen molar-refractivity contribution in [1.29, 1.82) is 0 Å². The summed E-state index contributed by atoms with van der Waals surface area (Å²) in [6, 6.07) is 10.6. The Labute approximate surface area is 108 Å². The zero-order valence-corrected chi connectivity index (χ0v) is 10.0. The molecule has 1 heterocycles. The van der Waals surface area contributed by atoms with E-state index < -0.39 is 17.2 Å². The third kappa shape index (κ3) is 1.71. The van der Waals surface area contributed by atoms with Crippen LogP contribution in [-0.2, 0) is 10.3 Å². The van der Waals surface area contributed by atoms with Gasteiger partial charge in [0, 0.05) is 22.2 Å². The van der Waals surface area contributed by atoms with Gasteiger partial charge in [0.25, 0.3) is 0 Å². The highest BCUT2D eigenvalue weighted by molar-refractivity contribution is 6.31. The van der Waals surface area contributed by atoms with Crippen molar-refractivity contribution in [3.8, 4) is 0 Å². The third-order valence-electron chi connectivity index (χ3n) is 3.11. The molecule has 0 bridgehead atoms. The van der Waals surface area contributed by atoms with E-state index in [-0.39, 0.29) is 0 Å². The van der Waals surface area contributed by atoms with Gasteiger partial charge in [-0.05, 0) is 18.2 Å². The van der Waals surface area contributed by atoms with Gasteiger partial charge in [0.15, 0.2) is 0 Å². The van der Waals surface area contributed by atoms with Crippen LogP contribution in [0.15, 0.2) is 42.5 Å². The number of benzene rings is 2. The van der Waals surface area contributed by atoms with Gasteiger partial charge in [-0.15, -0.1) is 0 Å². The molecule has 1 atom stereocenters. The summed E-state index contributed by atoms with van der Waals surface area (Å²) < 4.78 is 32.2. The van der Waals surface area contributed by atoms with Crippen molar-refractivity contribution in [2.45, 2.75) is 5.60 Å². The fourth-order valence-electron chi connectivity index (χ4n) is 2.13. The average molecular weight is 267 g/mol. The SMILES string of the molecule is Fc1ccc(C2(c3ccccc3Cl)CO2)c(F)c1. The molecule has 3 rings (SSSR count). The fraction of sp³-hybridized carbons (Fsp3) is 0.143. The molecule has 2 aromatic carbocycles. The van der Waals surface area contributed by atoms with Crippen LogP contribution in [-0.4, -0.2) is 6.61 Å². The lowest BCUT2D eigenvalue weighted by atomic mass is 9.91. The Morgan fingerprint density at radius 2 is 1.78 bits per heavy atom. The van der Waals surface area contributed by atoms with E-state index in [1.165, 1.54) is 12.1 Å². The molecule has 18 heavy (non-hydrogen) atoms. The van der Waals surface area contributed by atoms with E-state index in [0.29, 0.717) is 22.8 Å². The van der Waals surface area contributed by atoms with Gasteiger partial charge in [0.1, 0.15) is 17.2 Å². The van der Waals surface area contributed by atoms with Crippen LogP contribution in [0, 0.1) is 11.6 Å². The molecule has 4 heteroatoms. The van der Waals surface area contributed by atoms with E-state index in [1.54, 1.807) is 18.2 Å². The van der Waals surface area contributed by atoms with E-state index in [9.17, 15) is 8.78 Å². The smallest absolute Gasteiger partial charge is 0.146 e. The maximum absolute atomic E-state index is 13.8. The van der Waals surface area contributed by atoms with Crippen LogP contribution >= 0.6 is 11.6 Å². The van der Waals surface area contributed by atoms with Crippen molar-refractivity contribution in [3.05, 3.63) is 70.2 Å². The monoisotopic (exact) mass is 266 g/mol. The molecule has 0 amide bonds. The molecular formula is C14H9ClF2O. The Balaban J connectivity index is 2.14. The molecule has 0 aliphatic carbocycles. The molecule has 1 fully saturated rings. The van der Waals surface area contributed by atoms with Gasteiger partial charge in [0.2, 0.25) is 0 Å². The lowest BCUT2D eigenvalue weighted by molar-refractivity contribution is 0.340. The van der Waals surface area contributed by atoms with Gasteiger partial charge in [0.05, 0.1) is 6.61 Å². The number of ether oxygens (including phenoxy) is 1. The highest BCUT2D eigenvalue weighted by Crippen LogP contribution is 2.48. The molecule has 0 radical (unpaired) electrons. The van der Waals surface area contributed by atoms with E-state index >= 15 is 0 Å². The zero-order chi connectivity index (χ0) is 12.8. The Morgan fingerprint density at radius 1 is 1.06 bits per heavy atom. The fourth-order valence-corrected chi connectivity index (χ4v) is 2.42. The van der Waals surface area contributed by atoms with Crippen LogP contribution in [0.1, 0.15) is 11.1 Å². The Hall–Kier alpha value is -1.45. The average Bonchev–Trinajstić information content (AvgIpc) is 3.11. The molecule has 1 nitrogen and oxygen atoms in total. The maximum Gasteiger partial charge on any atom is 0.146 e. The summed E-state index contributed by atoms with van der Waals surface area (Å²) >= 11 is 6.11. The van der Waals surface area contributed by atoms with Crippen LogP contribution in [0.3, 0.4) is 0 Å². The number of hydrogen-bond donors (Lipinski definition) is 0. The first-order valence-electron chi connectivity index (χ1n) is 5.48. The second-order valence-electron chi connectivity index (χ2n) is 4.22. The minimum Gasteiger partial charge on any atom is -0.359 e. The molecule has 1 aliphatic heterocycles. The third-order valence-corrected chi connectivity index (χ3v) is 3.44. The van der Waals surface area contributed by atoms with Gasteiger partial charge >= 0.3 is 0 Å². The normalized spacial score (nSPS) is 21.9. The summed E-state index contributed by atoms with van der Waals surface area (Å²) in [5, 5.41) is 0.513. The molecular weight excluding hydrogens is 258 g/mol. The zero-order valence-electron chi connectivity index (χ0n) is 9.29. The van der Waals surface area contributed by atoms with Crippen molar-refractivity contribution in [2.75, 3.05) is 6.61 Å². The van der Waals surface area contributed by atoms with Gasteiger partial charge in [-0.2, -0.15) is 0 Å². The molecule has 1 aliphatic rings. The number of epoxide rings is 1. The molecule has 92 valence electrons. The Morgan fingerprint density at radius 3 is 2.39 bits per heavy atom. The van der Waals surface area contributed by atoms with E-state index in [0.717, 1.165) is 6.07 Å². The van der Waals surface area contributed by atoms with Gasteiger partial charge in [-0.3, -0.25) is 0 Å². The van der Waals surface area contributed by atoms with Crippen molar-refractivity contribution in [1.82, 2.24) is 0 Å². The lowest BCUT2D eigenvalue weighted by Crippen LogP contribution is -2.13. The van der Waals surface area contributed by atoms with Crippen molar-refractivity contribution in [3.63, 3.8) is 0 Å². The van der Waals surface area contributed by atoms with Crippen LogP contribution in [0.25, 0.3) is 0 Å². The lowest BCUT2D eigenvalue weighted by Gasteiger charge is -2.15. The van der Waals surface area contributed by atoms with E-state index in [2.05, 4.69) is 0 Å². The molecule has 0 saturated carbocycles. The van der Waals surface area contributed by atoms with Gasteiger partial charge in [-0.1, -0.05) is 29.8 Å².